The lowest BCUT2D eigenvalue weighted by Gasteiger charge is -2.39. The maximum absolute atomic E-state index is 13.6. The van der Waals surface area contributed by atoms with Gasteiger partial charge in [-0.3, -0.25) is 0 Å². The zero-order valence-corrected chi connectivity index (χ0v) is 14.4. The molecule has 0 spiro atoms. The molecule has 0 bridgehead atoms. The second-order valence-electron chi connectivity index (χ2n) is 6.67. The molecular formula is C17H15F4N5O2. The van der Waals surface area contributed by atoms with E-state index in [1.165, 1.54) is 24.3 Å². The van der Waals surface area contributed by atoms with Crippen LogP contribution in [0.3, 0.4) is 0 Å². The molecule has 11 heteroatoms. The van der Waals surface area contributed by atoms with Crippen molar-refractivity contribution in [3.8, 4) is 5.75 Å². The Labute approximate surface area is 155 Å². The van der Waals surface area contributed by atoms with Gasteiger partial charge in [0.15, 0.2) is 17.2 Å². The van der Waals surface area contributed by atoms with Crippen molar-refractivity contribution >= 4 is 11.5 Å². The number of phenolic OH excluding ortho intramolecular Hbond substituents is 1. The fraction of sp³-hybridized carbons (Fsp3) is 0.353. The Morgan fingerprint density at radius 2 is 1.75 bits per heavy atom. The van der Waals surface area contributed by atoms with Gasteiger partial charge in [0.25, 0.3) is 5.82 Å². The number of rotatable bonds is 2. The van der Waals surface area contributed by atoms with Crippen LogP contribution < -0.4 is 4.90 Å². The first-order valence-corrected chi connectivity index (χ1v) is 8.43. The summed E-state index contributed by atoms with van der Waals surface area (Å²) in [7, 11) is 0. The number of alkyl halides is 3. The number of aromatic nitrogens is 4. The summed E-state index contributed by atoms with van der Waals surface area (Å²) in [6, 6.07) is 6.64. The molecule has 1 aliphatic heterocycles. The van der Waals surface area contributed by atoms with Gasteiger partial charge in [0.2, 0.25) is 0 Å². The van der Waals surface area contributed by atoms with Gasteiger partial charge in [-0.2, -0.15) is 17.7 Å². The van der Waals surface area contributed by atoms with Crippen LogP contribution in [0.15, 0.2) is 30.3 Å². The van der Waals surface area contributed by atoms with Crippen molar-refractivity contribution in [1.82, 2.24) is 19.8 Å². The zero-order chi connectivity index (χ0) is 20.1. The third kappa shape index (κ3) is 3.11. The number of halogens is 4. The number of nitrogens with zero attached hydrogens (tertiary/aromatic N) is 5. The Morgan fingerprint density at radius 3 is 2.39 bits per heavy atom. The lowest BCUT2D eigenvalue weighted by Crippen LogP contribution is -2.43. The average Bonchev–Trinajstić information content (AvgIpc) is 3.08. The molecular weight excluding hydrogens is 382 g/mol. The topological polar surface area (TPSA) is 86.8 Å². The highest BCUT2D eigenvalue weighted by molar-refractivity contribution is 5.46. The molecule has 1 aliphatic rings. The number of aromatic hydroxyl groups is 1. The van der Waals surface area contributed by atoms with Gasteiger partial charge in [0.05, 0.1) is 5.60 Å². The van der Waals surface area contributed by atoms with Crippen LogP contribution in [0.1, 0.15) is 24.2 Å². The van der Waals surface area contributed by atoms with E-state index in [2.05, 4.69) is 15.3 Å². The lowest BCUT2D eigenvalue weighted by atomic mass is 9.84. The van der Waals surface area contributed by atoms with Gasteiger partial charge in [-0.1, -0.05) is 6.07 Å². The largest absolute Gasteiger partial charge is 0.505 e. The molecule has 2 aromatic heterocycles. The summed E-state index contributed by atoms with van der Waals surface area (Å²) in [5, 5.41) is 30.7. The van der Waals surface area contributed by atoms with Gasteiger partial charge in [0.1, 0.15) is 5.82 Å². The Balaban J connectivity index is 1.57. The molecule has 1 fully saturated rings. The fourth-order valence-corrected chi connectivity index (χ4v) is 3.32. The quantitative estimate of drug-likeness (QED) is 0.646. The smallest absolute Gasteiger partial charge is 0.453 e. The SMILES string of the molecule is Oc1ccc(C2(O)CCN(c3ccc4nnc(C(F)(F)F)n4n3)CC2)cc1F. The molecule has 7 nitrogen and oxygen atoms in total. The number of phenols is 1. The van der Waals surface area contributed by atoms with Crippen molar-refractivity contribution < 1.29 is 27.8 Å². The fourth-order valence-electron chi connectivity index (χ4n) is 3.32. The van der Waals surface area contributed by atoms with Gasteiger partial charge in [-0.15, -0.1) is 15.3 Å². The van der Waals surface area contributed by atoms with Gasteiger partial charge >= 0.3 is 6.18 Å². The number of anilines is 1. The summed E-state index contributed by atoms with van der Waals surface area (Å²) in [5.41, 5.74) is -0.990. The highest BCUT2D eigenvalue weighted by Crippen LogP contribution is 2.36. The van der Waals surface area contributed by atoms with Crippen molar-refractivity contribution in [2.45, 2.75) is 24.6 Å². The molecule has 148 valence electrons. The first kappa shape index (κ1) is 18.4. The Bertz CT molecular complexity index is 1030. The first-order valence-electron chi connectivity index (χ1n) is 8.43. The maximum Gasteiger partial charge on any atom is 0.453 e. The molecule has 0 radical (unpaired) electrons. The maximum atomic E-state index is 13.6. The first-order chi connectivity index (χ1) is 13.2. The minimum atomic E-state index is -4.68. The molecule has 0 atom stereocenters. The van der Waals surface area contributed by atoms with Gasteiger partial charge in [0, 0.05) is 13.1 Å². The highest BCUT2D eigenvalue weighted by atomic mass is 19.4. The highest BCUT2D eigenvalue weighted by Gasteiger charge is 2.38. The van der Waals surface area contributed by atoms with Gasteiger partial charge in [-0.25, -0.2) is 4.39 Å². The van der Waals surface area contributed by atoms with Crippen molar-refractivity contribution in [3.63, 3.8) is 0 Å². The van der Waals surface area contributed by atoms with E-state index in [4.69, 9.17) is 0 Å². The number of hydrogen-bond acceptors (Lipinski definition) is 6. The van der Waals surface area contributed by atoms with E-state index >= 15 is 0 Å². The van der Waals surface area contributed by atoms with Crippen LogP contribution in [0.2, 0.25) is 0 Å². The van der Waals surface area contributed by atoms with Crippen molar-refractivity contribution in [2.75, 3.05) is 18.0 Å². The van der Waals surface area contributed by atoms with E-state index in [1.807, 2.05) is 0 Å². The molecule has 1 saturated heterocycles. The second-order valence-corrected chi connectivity index (χ2v) is 6.67. The Morgan fingerprint density at radius 1 is 1.04 bits per heavy atom. The van der Waals surface area contributed by atoms with Crippen molar-refractivity contribution in [2.24, 2.45) is 0 Å². The van der Waals surface area contributed by atoms with Crippen LogP contribution in [0.25, 0.3) is 5.65 Å². The number of benzene rings is 1. The number of piperidine rings is 1. The summed E-state index contributed by atoms with van der Waals surface area (Å²) < 4.78 is 53.3. The molecule has 0 unspecified atom stereocenters. The van der Waals surface area contributed by atoms with Gasteiger partial charge in [-0.05, 0) is 42.7 Å². The summed E-state index contributed by atoms with van der Waals surface area (Å²) in [5.74, 6) is -2.25. The summed E-state index contributed by atoms with van der Waals surface area (Å²) in [6.07, 6.45) is -4.26. The van der Waals surface area contributed by atoms with Crippen LogP contribution >= 0.6 is 0 Å². The normalized spacial score (nSPS) is 17.2. The standard InChI is InChI=1S/C17H15F4N5O2/c18-11-9-10(1-2-12(11)27)16(28)5-7-25(8-6-16)14-4-3-13-22-23-15(17(19,20)21)26(13)24-14/h1-4,9,27-28H,5-8H2. The van der Waals surface area contributed by atoms with Crippen molar-refractivity contribution in [1.29, 1.82) is 0 Å². The zero-order valence-electron chi connectivity index (χ0n) is 14.4. The summed E-state index contributed by atoms with van der Waals surface area (Å²) in [4.78, 5) is 1.73. The lowest BCUT2D eigenvalue weighted by molar-refractivity contribution is -0.146. The van der Waals surface area contributed by atoms with Crippen LogP contribution in [-0.2, 0) is 11.8 Å². The predicted molar refractivity (Wildman–Crippen MR) is 89.2 cm³/mol. The molecule has 28 heavy (non-hydrogen) atoms. The van der Waals surface area contributed by atoms with Crippen LogP contribution in [0.5, 0.6) is 5.75 Å². The molecule has 0 saturated carbocycles. The number of fused-ring (bicyclic) bond motifs is 1. The van der Waals surface area contributed by atoms with Gasteiger partial charge < -0.3 is 15.1 Å². The Kier molecular flexibility index (Phi) is 4.14. The van der Waals surface area contributed by atoms with E-state index in [-0.39, 0.29) is 24.3 Å². The third-order valence-electron chi connectivity index (χ3n) is 4.90. The van der Waals surface area contributed by atoms with Crippen molar-refractivity contribution in [3.05, 3.63) is 47.5 Å². The van der Waals surface area contributed by atoms with Crippen LogP contribution in [0, 0.1) is 5.82 Å². The van der Waals surface area contributed by atoms with E-state index in [1.54, 1.807) is 4.90 Å². The molecule has 0 amide bonds. The van der Waals surface area contributed by atoms with E-state index < -0.39 is 29.2 Å². The molecule has 3 heterocycles. The predicted octanol–water partition coefficient (Wildman–Crippen LogP) is 2.48. The summed E-state index contributed by atoms with van der Waals surface area (Å²) >= 11 is 0. The third-order valence-corrected chi connectivity index (χ3v) is 4.90. The average molecular weight is 397 g/mol. The molecule has 3 aromatic rings. The molecule has 0 aliphatic carbocycles. The molecule has 4 rings (SSSR count). The van der Waals surface area contributed by atoms with E-state index in [9.17, 15) is 27.8 Å². The number of hydrogen-bond donors (Lipinski definition) is 2. The molecule has 2 N–H and O–H groups in total. The number of aliphatic hydroxyl groups is 1. The molecule has 1 aromatic carbocycles. The summed E-state index contributed by atoms with van der Waals surface area (Å²) in [6.45, 7) is 0.585. The van der Waals surface area contributed by atoms with Crippen LogP contribution in [-0.4, -0.2) is 43.1 Å². The minimum Gasteiger partial charge on any atom is -0.505 e. The Hall–Kier alpha value is -2.95. The minimum absolute atomic E-state index is 0.0239. The second kappa shape index (κ2) is 6.30. The van der Waals surface area contributed by atoms with Crippen LogP contribution in [0.4, 0.5) is 23.4 Å². The van der Waals surface area contributed by atoms with E-state index in [0.717, 1.165) is 6.07 Å². The monoisotopic (exact) mass is 397 g/mol. The van der Waals surface area contributed by atoms with E-state index in [0.29, 0.717) is 23.2 Å².